The van der Waals surface area contributed by atoms with Crippen LogP contribution >= 0.6 is 0 Å². The monoisotopic (exact) mass is 295 g/mol. The Morgan fingerprint density at radius 1 is 1.18 bits per heavy atom. The maximum absolute atomic E-state index is 12.7. The molecule has 3 nitrogen and oxygen atoms in total. The van der Waals surface area contributed by atoms with Crippen LogP contribution in [0.15, 0.2) is 54.6 Å². The smallest absolute Gasteiger partial charge is 0.228 e. The summed E-state index contributed by atoms with van der Waals surface area (Å²) in [5, 5.41) is 3.21. The lowest BCUT2D eigenvalue weighted by Crippen LogP contribution is -2.35. The van der Waals surface area contributed by atoms with Crippen molar-refractivity contribution in [3.63, 3.8) is 0 Å². The molecule has 0 bridgehead atoms. The van der Waals surface area contributed by atoms with Crippen LogP contribution in [0.25, 0.3) is 0 Å². The molecular formula is C19H21NO2. The minimum absolute atomic E-state index is 0.0372. The normalized spacial score (nSPS) is 18.0. The molecule has 0 saturated carbocycles. The van der Waals surface area contributed by atoms with Gasteiger partial charge in [0.25, 0.3) is 0 Å². The average molecular weight is 295 g/mol. The fraction of sp³-hybridized carbons (Fsp3) is 0.316. The Morgan fingerprint density at radius 3 is 2.68 bits per heavy atom. The molecule has 0 radical (unpaired) electrons. The first-order valence-electron chi connectivity index (χ1n) is 7.86. The van der Waals surface area contributed by atoms with Crippen molar-refractivity contribution < 1.29 is 9.53 Å². The number of rotatable bonds is 4. The summed E-state index contributed by atoms with van der Waals surface area (Å²) in [6.45, 7) is 2.69. The van der Waals surface area contributed by atoms with Crippen molar-refractivity contribution in [3.8, 4) is 5.75 Å². The maximum Gasteiger partial charge on any atom is 0.228 e. The molecule has 2 atom stereocenters. The molecule has 114 valence electrons. The van der Waals surface area contributed by atoms with Gasteiger partial charge in [0.2, 0.25) is 5.91 Å². The number of fused-ring (bicyclic) bond motifs is 1. The van der Waals surface area contributed by atoms with Crippen LogP contribution in [0, 0.1) is 0 Å². The van der Waals surface area contributed by atoms with Gasteiger partial charge in [-0.1, -0.05) is 55.5 Å². The van der Waals surface area contributed by atoms with Crippen LogP contribution < -0.4 is 10.1 Å². The molecule has 0 aliphatic carbocycles. The Morgan fingerprint density at radius 2 is 1.91 bits per heavy atom. The first kappa shape index (κ1) is 14.6. The molecule has 1 amide bonds. The van der Waals surface area contributed by atoms with Gasteiger partial charge in [0.15, 0.2) is 0 Å². The molecule has 1 N–H and O–H groups in total. The molecule has 2 unspecified atom stereocenters. The molecule has 0 spiro atoms. The molecule has 1 heterocycles. The van der Waals surface area contributed by atoms with Crippen molar-refractivity contribution in [1.29, 1.82) is 0 Å². The van der Waals surface area contributed by atoms with E-state index in [2.05, 4.69) is 12.2 Å². The molecule has 2 aromatic rings. The number of nitrogens with one attached hydrogen (secondary N) is 1. The number of benzene rings is 2. The highest BCUT2D eigenvalue weighted by Crippen LogP contribution is 2.32. The maximum atomic E-state index is 12.7. The standard InChI is InChI=1S/C19H21NO2/c1-2-15(14-8-4-3-5-9-14)19(21)20-17-12-13-22-18-11-7-6-10-16(17)18/h3-11,15,17H,2,12-13H2,1H3,(H,20,21). The number of hydrogen-bond acceptors (Lipinski definition) is 2. The van der Waals surface area contributed by atoms with Crippen LogP contribution in [-0.4, -0.2) is 12.5 Å². The second-order valence-corrected chi connectivity index (χ2v) is 5.61. The van der Waals surface area contributed by atoms with E-state index in [0.717, 1.165) is 29.7 Å². The number of ether oxygens (including phenoxy) is 1. The van der Waals surface area contributed by atoms with Crippen LogP contribution in [0.5, 0.6) is 5.75 Å². The molecule has 3 heteroatoms. The average Bonchev–Trinajstić information content (AvgIpc) is 2.57. The molecule has 0 fully saturated rings. The molecule has 3 rings (SSSR count). The summed E-state index contributed by atoms with van der Waals surface area (Å²) in [6, 6.07) is 18.0. The van der Waals surface area contributed by atoms with Gasteiger partial charge in [0.05, 0.1) is 18.6 Å². The Kier molecular flexibility index (Phi) is 4.42. The van der Waals surface area contributed by atoms with Crippen molar-refractivity contribution in [2.24, 2.45) is 0 Å². The quantitative estimate of drug-likeness (QED) is 0.931. The first-order chi connectivity index (χ1) is 10.8. The summed E-state index contributed by atoms with van der Waals surface area (Å²) >= 11 is 0. The largest absolute Gasteiger partial charge is 0.493 e. The van der Waals surface area contributed by atoms with Crippen LogP contribution in [-0.2, 0) is 4.79 Å². The Balaban J connectivity index is 1.77. The summed E-state index contributed by atoms with van der Waals surface area (Å²) in [7, 11) is 0. The Bertz CT molecular complexity index is 639. The van der Waals surface area contributed by atoms with Crippen molar-refractivity contribution in [2.75, 3.05) is 6.61 Å². The zero-order valence-corrected chi connectivity index (χ0v) is 12.8. The number of carbonyl (C=O) groups is 1. The van der Waals surface area contributed by atoms with E-state index in [-0.39, 0.29) is 17.9 Å². The molecule has 0 saturated heterocycles. The van der Waals surface area contributed by atoms with Crippen LogP contribution in [0.2, 0.25) is 0 Å². The zero-order chi connectivity index (χ0) is 15.4. The van der Waals surface area contributed by atoms with Crippen LogP contribution in [0.4, 0.5) is 0 Å². The van der Waals surface area contributed by atoms with Crippen molar-refractivity contribution >= 4 is 5.91 Å². The predicted octanol–water partition coefficient (Wildman–Crippen LogP) is 3.82. The second kappa shape index (κ2) is 6.65. The molecular weight excluding hydrogens is 274 g/mol. The second-order valence-electron chi connectivity index (χ2n) is 5.61. The summed E-state index contributed by atoms with van der Waals surface area (Å²) in [6.07, 6.45) is 1.61. The van der Waals surface area contributed by atoms with Gasteiger partial charge in [-0.05, 0) is 18.1 Å². The molecule has 1 aliphatic heterocycles. The zero-order valence-electron chi connectivity index (χ0n) is 12.8. The number of hydrogen-bond donors (Lipinski definition) is 1. The van der Waals surface area contributed by atoms with Gasteiger partial charge in [-0.2, -0.15) is 0 Å². The molecule has 0 aromatic heterocycles. The third-order valence-corrected chi connectivity index (χ3v) is 4.20. The van der Waals surface area contributed by atoms with E-state index in [9.17, 15) is 4.79 Å². The highest BCUT2D eigenvalue weighted by atomic mass is 16.5. The molecule has 1 aliphatic rings. The van der Waals surface area contributed by atoms with Gasteiger partial charge in [-0.15, -0.1) is 0 Å². The van der Waals surface area contributed by atoms with Gasteiger partial charge in [0, 0.05) is 12.0 Å². The van der Waals surface area contributed by atoms with Gasteiger partial charge < -0.3 is 10.1 Å². The summed E-state index contributed by atoms with van der Waals surface area (Å²) in [4.78, 5) is 12.7. The van der Waals surface area contributed by atoms with E-state index in [1.807, 2.05) is 54.6 Å². The van der Waals surface area contributed by atoms with E-state index in [4.69, 9.17) is 4.74 Å². The van der Waals surface area contributed by atoms with Crippen LogP contribution in [0.3, 0.4) is 0 Å². The van der Waals surface area contributed by atoms with Crippen molar-refractivity contribution in [3.05, 3.63) is 65.7 Å². The van der Waals surface area contributed by atoms with E-state index >= 15 is 0 Å². The summed E-state index contributed by atoms with van der Waals surface area (Å²) in [5.41, 5.74) is 2.15. The topological polar surface area (TPSA) is 38.3 Å². The Hall–Kier alpha value is -2.29. The predicted molar refractivity (Wildman–Crippen MR) is 86.9 cm³/mol. The third-order valence-electron chi connectivity index (χ3n) is 4.20. The van der Waals surface area contributed by atoms with Crippen molar-refractivity contribution in [1.82, 2.24) is 5.32 Å². The van der Waals surface area contributed by atoms with E-state index < -0.39 is 0 Å². The Labute approximate surface area is 131 Å². The number of para-hydroxylation sites is 1. The van der Waals surface area contributed by atoms with E-state index in [1.165, 1.54) is 0 Å². The lowest BCUT2D eigenvalue weighted by Gasteiger charge is -2.28. The summed E-state index contributed by atoms with van der Waals surface area (Å²) < 4.78 is 5.66. The van der Waals surface area contributed by atoms with E-state index in [0.29, 0.717) is 6.61 Å². The minimum atomic E-state index is -0.101. The van der Waals surface area contributed by atoms with Gasteiger partial charge in [0.1, 0.15) is 5.75 Å². The highest BCUT2D eigenvalue weighted by molar-refractivity contribution is 5.84. The fourth-order valence-corrected chi connectivity index (χ4v) is 3.02. The fourth-order valence-electron chi connectivity index (χ4n) is 3.02. The van der Waals surface area contributed by atoms with Gasteiger partial charge in [-0.3, -0.25) is 4.79 Å². The lowest BCUT2D eigenvalue weighted by molar-refractivity contribution is -0.123. The lowest BCUT2D eigenvalue weighted by atomic mass is 9.94. The SMILES string of the molecule is CCC(C(=O)NC1CCOc2ccccc21)c1ccccc1. The van der Waals surface area contributed by atoms with Gasteiger partial charge >= 0.3 is 0 Å². The number of carbonyl (C=O) groups excluding carboxylic acids is 1. The molecule has 22 heavy (non-hydrogen) atoms. The van der Waals surface area contributed by atoms with Crippen molar-refractivity contribution in [2.45, 2.75) is 31.7 Å². The third kappa shape index (κ3) is 2.98. The van der Waals surface area contributed by atoms with Gasteiger partial charge in [-0.25, -0.2) is 0 Å². The minimum Gasteiger partial charge on any atom is -0.493 e. The molecule has 2 aromatic carbocycles. The van der Waals surface area contributed by atoms with E-state index in [1.54, 1.807) is 0 Å². The summed E-state index contributed by atoms with van der Waals surface area (Å²) in [5.74, 6) is 0.874. The first-order valence-corrected chi connectivity index (χ1v) is 7.86. The van der Waals surface area contributed by atoms with Crippen LogP contribution in [0.1, 0.15) is 42.9 Å². The number of amides is 1. The highest BCUT2D eigenvalue weighted by Gasteiger charge is 2.26.